The van der Waals surface area contributed by atoms with Crippen LogP contribution in [0.15, 0.2) is 23.1 Å². The standard InChI is InChI=1S/C15H20F2N2O5S/c1-8-12(15(2,3)13(8)24-4)18-10-6-5-9(7-11(10)19(20)21)25(22,23)14(16)17/h5-8,12-14,18H,1-4H3/t8-,12-,13-/m1/s1. The van der Waals surface area contributed by atoms with Crippen molar-refractivity contribution < 1.29 is 26.9 Å². The van der Waals surface area contributed by atoms with Gasteiger partial charge in [-0.15, -0.1) is 0 Å². The van der Waals surface area contributed by atoms with Crippen LogP contribution >= 0.6 is 0 Å². The van der Waals surface area contributed by atoms with E-state index in [1.807, 2.05) is 20.8 Å². The van der Waals surface area contributed by atoms with Gasteiger partial charge in [0.15, 0.2) is 0 Å². The van der Waals surface area contributed by atoms with Gasteiger partial charge in [-0.2, -0.15) is 8.78 Å². The molecule has 0 unspecified atom stereocenters. The summed E-state index contributed by atoms with van der Waals surface area (Å²) in [5.74, 6) is -3.58. The molecule has 1 aromatic carbocycles. The van der Waals surface area contributed by atoms with Gasteiger partial charge in [0.2, 0.25) is 9.84 Å². The SMILES string of the molecule is CO[C@@H]1[C@H](C)[C@@H](Nc2ccc(S(=O)(=O)C(F)F)cc2[N+](=O)[O-])C1(C)C. The monoisotopic (exact) mass is 378 g/mol. The van der Waals surface area contributed by atoms with E-state index in [0.717, 1.165) is 12.1 Å². The molecular weight excluding hydrogens is 358 g/mol. The van der Waals surface area contributed by atoms with Crippen LogP contribution in [0.2, 0.25) is 0 Å². The highest BCUT2D eigenvalue weighted by molar-refractivity contribution is 7.91. The van der Waals surface area contributed by atoms with Gasteiger partial charge in [0.1, 0.15) is 5.69 Å². The number of hydrogen-bond donors (Lipinski definition) is 1. The number of nitrogens with one attached hydrogen (secondary N) is 1. The lowest BCUT2D eigenvalue weighted by Crippen LogP contribution is -2.64. The quantitative estimate of drug-likeness (QED) is 0.603. The van der Waals surface area contributed by atoms with E-state index >= 15 is 0 Å². The van der Waals surface area contributed by atoms with Crippen molar-refractivity contribution >= 4 is 21.2 Å². The molecule has 1 fully saturated rings. The van der Waals surface area contributed by atoms with Crippen LogP contribution < -0.4 is 5.32 Å². The summed E-state index contributed by atoms with van der Waals surface area (Å²) >= 11 is 0. The Morgan fingerprint density at radius 3 is 2.40 bits per heavy atom. The molecule has 0 aliphatic heterocycles. The number of hydrogen-bond acceptors (Lipinski definition) is 6. The summed E-state index contributed by atoms with van der Waals surface area (Å²) in [5, 5.41) is 14.3. The molecule has 1 aliphatic carbocycles. The Morgan fingerprint density at radius 1 is 1.36 bits per heavy atom. The van der Waals surface area contributed by atoms with Crippen LogP contribution in [0.1, 0.15) is 20.8 Å². The second-order valence-electron chi connectivity index (χ2n) is 6.70. The van der Waals surface area contributed by atoms with Crippen LogP contribution in [0.25, 0.3) is 0 Å². The molecule has 0 aromatic heterocycles. The molecule has 0 spiro atoms. The molecule has 1 aliphatic rings. The molecule has 2 rings (SSSR count). The fourth-order valence-corrected chi connectivity index (χ4v) is 4.40. The topological polar surface area (TPSA) is 98.5 Å². The molecule has 0 saturated heterocycles. The van der Waals surface area contributed by atoms with E-state index in [2.05, 4.69) is 5.32 Å². The molecule has 1 aromatic rings. The molecular formula is C15H20F2N2O5S. The number of ether oxygens (including phenoxy) is 1. The smallest absolute Gasteiger partial charge is 0.341 e. The highest BCUT2D eigenvalue weighted by Gasteiger charge is 2.55. The van der Waals surface area contributed by atoms with Gasteiger partial charge < -0.3 is 10.1 Å². The van der Waals surface area contributed by atoms with E-state index < -0.39 is 31.1 Å². The molecule has 0 amide bonds. The fourth-order valence-electron chi connectivity index (χ4n) is 3.66. The molecule has 1 N–H and O–H groups in total. The number of nitro groups is 1. The van der Waals surface area contributed by atoms with E-state index in [9.17, 15) is 27.3 Å². The predicted molar refractivity (Wildman–Crippen MR) is 87.4 cm³/mol. The van der Waals surface area contributed by atoms with Crippen molar-refractivity contribution in [1.29, 1.82) is 0 Å². The third-order valence-electron chi connectivity index (χ3n) is 4.83. The maximum atomic E-state index is 12.7. The average Bonchev–Trinajstić information content (AvgIpc) is 2.52. The third-order valence-corrected chi connectivity index (χ3v) is 6.21. The average molecular weight is 378 g/mol. The first kappa shape index (κ1) is 19.5. The largest absolute Gasteiger partial charge is 0.380 e. The van der Waals surface area contributed by atoms with E-state index in [1.54, 1.807) is 7.11 Å². The number of halogens is 2. The van der Waals surface area contributed by atoms with Gasteiger partial charge in [-0.05, 0) is 12.1 Å². The van der Waals surface area contributed by atoms with Gasteiger partial charge in [0.05, 0.1) is 15.9 Å². The van der Waals surface area contributed by atoms with Crippen LogP contribution in [-0.4, -0.2) is 38.4 Å². The Morgan fingerprint density at radius 2 is 1.96 bits per heavy atom. The molecule has 7 nitrogen and oxygen atoms in total. The predicted octanol–water partition coefficient (Wildman–Crippen LogP) is 3.06. The van der Waals surface area contributed by atoms with Crippen molar-refractivity contribution in [2.45, 2.75) is 43.6 Å². The van der Waals surface area contributed by atoms with E-state index in [4.69, 9.17) is 4.74 Å². The third kappa shape index (κ3) is 3.20. The zero-order valence-electron chi connectivity index (χ0n) is 14.2. The van der Waals surface area contributed by atoms with Gasteiger partial charge in [-0.1, -0.05) is 20.8 Å². The van der Waals surface area contributed by atoms with E-state index in [1.165, 1.54) is 0 Å². The van der Waals surface area contributed by atoms with Gasteiger partial charge in [0, 0.05) is 30.6 Å². The number of sulfone groups is 1. The summed E-state index contributed by atoms with van der Waals surface area (Å²) < 4.78 is 53.8. The van der Waals surface area contributed by atoms with Crippen LogP contribution in [0, 0.1) is 21.4 Å². The molecule has 25 heavy (non-hydrogen) atoms. The van der Waals surface area contributed by atoms with Gasteiger partial charge in [0.25, 0.3) is 5.69 Å². The van der Waals surface area contributed by atoms with Crippen LogP contribution in [0.5, 0.6) is 0 Å². The second kappa shape index (κ2) is 6.49. The number of methoxy groups -OCH3 is 1. The molecule has 1 saturated carbocycles. The van der Waals surface area contributed by atoms with Gasteiger partial charge >= 0.3 is 5.76 Å². The Labute approximate surface area is 144 Å². The summed E-state index contributed by atoms with van der Waals surface area (Å²) in [6, 6.07) is 2.60. The van der Waals surface area contributed by atoms with Gasteiger partial charge in [-0.25, -0.2) is 8.42 Å². The van der Waals surface area contributed by atoms with Crippen LogP contribution in [0.3, 0.4) is 0 Å². The van der Waals surface area contributed by atoms with Crippen molar-refractivity contribution in [3.05, 3.63) is 28.3 Å². The summed E-state index contributed by atoms with van der Waals surface area (Å²) in [5.41, 5.74) is -0.793. The number of nitro benzene ring substituents is 1. The number of alkyl halides is 2. The first-order chi connectivity index (χ1) is 11.4. The number of nitrogens with zero attached hydrogens (tertiary/aromatic N) is 1. The van der Waals surface area contributed by atoms with Crippen molar-refractivity contribution in [1.82, 2.24) is 0 Å². The van der Waals surface area contributed by atoms with Gasteiger partial charge in [-0.3, -0.25) is 10.1 Å². The first-order valence-corrected chi connectivity index (χ1v) is 9.09. The Bertz CT molecular complexity index is 782. The lowest BCUT2D eigenvalue weighted by molar-refractivity contribution is -0.384. The Balaban J connectivity index is 2.39. The maximum absolute atomic E-state index is 12.7. The summed E-state index contributed by atoms with van der Waals surface area (Å²) in [4.78, 5) is 9.70. The summed E-state index contributed by atoms with van der Waals surface area (Å²) in [6.07, 6.45) is -0.0393. The molecule has 0 radical (unpaired) electrons. The van der Waals surface area contributed by atoms with Crippen LogP contribution in [-0.2, 0) is 14.6 Å². The number of rotatable bonds is 6. The minimum absolute atomic E-state index is 0.0393. The second-order valence-corrected chi connectivity index (χ2v) is 8.62. The highest BCUT2D eigenvalue weighted by Crippen LogP contribution is 2.49. The molecule has 140 valence electrons. The van der Waals surface area contributed by atoms with Crippen molar-refractivity contribution in [3.63, 3.8) is 0 Å². The molecule has 0 bridgehead atoms. The molecule has 3 atom stereocenters. The van der Waals surface area contributed by atoms with Crippen molar-refractivity contribution in [2.24, 2.45) is 11.3 Å². The molecule has 0 heterocycles. The number of benzene rings is 1. The zero-order chi connectivity index (χ0) is 19.2. The Hall–Kier alpha value is -1.81. The summed E-state index contributed by atoms with van der Waals surface area (Å²) in [6.45, 7) is 5.82. The first-order valence-electron chi connectivity index (χ1n) is 7.54. The molecule has 10 heteroatoms. The fraction of sp³-hybridized carbons (Fsp3) is 0.600. The van der Waals surface area contributed by atoms with E-state index in [0.29, 0.717) is 6.07 Å². The minimum Gasteiger partial charge on any atom is -0.380 e. The Kier molecular flexibility index (Phi) is 5.06. The van der Waals surface area contributed by atoms with Crippen molar-refractivity contribution in [3.8, 4) is 0 Å². The summed E-state index contributed by atoms with van der Waals surface area (Å²) in [7, 11) is -3.31. The minimum atomic E-state index is -4.90. The van der Waals surface area contributed by atoms with E-state index in [-0.39, 0.29) is 29.2 Å². The zero-order valence-corrected chi connectivity index (χ0v) is 15.0. The number of anilines is 1. The lowest BCUT2D eigenvalue weighted by Gasteiger charge is -2.56. The normalized spacial score (nSPS) is 25.5. The highest BCUT2D eigenvalue weighted by atomic mass is 32.2. The van der Waals surface area contributed by atoms with Crippen LogP contribution in [0.4, 0.5) is 20.2 Å². The van der Waals surface area contributed by atoms with Crippen molar-refractivity contribution in [2.75, 3.05) is 12.4 Å². The lowest BCUT2D eigenvalue weighted by atomic mass is 9.58. The maximum Gasteiger partial charge on any atom is 0.341 e.